The van der Waals surface area contributed by atoms with Crippen molar-refractivity contribution in [3.63, 3.8) is 0 Å². The molecule has 10 heteroatoms. The Hall–Kier alpha value is -1.97. The molecule has 0 aliphatic rings. The van der Waals surface area contributed by atoms with E-state index in [4.69, 9.17) is 0 Å². The summed E-state index contributed by atoms with van der Waals surface area (Å²) in [7, 11) is -2.22. The molecule has 0 amide bonds. The summed E-state index contributed by atoms with van der Waals surface area (Å²) in [6.45, 7) is -0.589. The van der Waals surface area contributed by atoms with Crippen molar-refractivity contribution >= 4 is 15.8 Å². The van der Waals surface area contributed by atoms with Crippen molar-refractivity contribution in [1.29, 1.82) is 0 Å². The number of nitrogens with zero attached hydrogens (tertiary/aromatic N) is 4. The lowest BCUT2D eigenvalue weighted by Gasteiger charge is -2.02. The molecule has 0 radical (unpaired) electrons. The molecule has 0 spiro atoms. The van der Waals surface area contributed by atoms with Crippen LogP contribution in [0.2, 0.25) is 0 Å². The van der Waals surface area contributed by atoms with Gasteiger partial charge >= 0.3 is 0 Å². The lowest BCUT2D eigenvalue weighted by Crippen LogP contribution is -2.14. The number of alkyl halides is 2. The van der Waals surface area contributed by atoms with E-state index in [1.807, 2.05) is 0 Å². The number of anilines is 1. The third kappa shape index (κ3) is 3.28. The summed E-state index contributed by atoms with van der Waals surface area (Å²) < 4.78 is 52.5. The van der Waals surface area contributed by atoms with Crippen molar-refractivity contribution in [1.82, 2.24) is 19.6 Å². The Morgan fingerprint density at radius 3 is 2.79 bits per heavy atom. The van der Waals surface area contributed by atoms with Crippen LogP contribution in [-0.4, -0.2) is 34.4 Å². The van der Waals surface area contributed by atoms with Gasteiger partial charge in [0.25, 0.3) is 16.4 Å². The van der Waals surface area contributed by atoms with Crippen LogP contribution in [0.5, 0.6) is 0 Å². The predicted octanol–water partition coefficient (Wildman–Crippen LogP) is 0.683. The van der Waals surface area contributed by atoms with Crippen LogP contribution in [0.4, 0.5) is 14.6 Å². The van der Waals surface area contributed by atoms with E-state index in [1.54, 1.807) is 7.05 Å². The van der Waals surface area contributed by atoms with E-state index in [0.29, 0.717) is 0 Å². The van der Waals surface area contributed by atoms with Gasteiger partial charge < -0.3 is 0 Å². The fraction of sp³-hybridized carbons (Fsp3) is 0.333. The first-order valence-corrected chi connectivity index (χ1v) is 6.68. The van der Waals surface area contributed by atoms with Crippen LogP contribution in [0.25, 0.3) is 0 Å². The number of aromatic nitrogens is 4. The van der Waals surface area contributed by atoms with Gasteiger partial charge in [0.2, 0.25) is 0 Å². The second kappa shape index (κ2) is 4.96. The topological polar surface area (TPSA) is 81.8 Å². The average molecular weight is 291 g/mol. The lowest BCUT2D eigenvalue weighted by atomic mass is 10.6. The van der Waals surface area contributed by atoms with Gasteiger partial charge in [-0.15, -0.1) is 0 Å². The average Bonchev–Trinajstić information content (AvgIpc) is 2.87. The number of aryl methyl sites for hydroxylation is 1. The Kier molecular flexibility index (Phi) is 3.51. The summed E-state index contributed by atoms with van der Waals surface area (Å²) in [5, 5.41) is 7.43. The van der Waals surface area contributed by atoms with Gasteiger partial charge in [-0.1, -0.05) is 0 Å². The zero-order valence-corrected chi connectivity index (χ0v) is 10.7. The Balaban J connectivity index is 2.14. The monoisotopic (exact) mass is 291 g/mol. The largest absolute Gasteiger partial charge is 0.274 e. The highest BCUT2D eigenvalue weighted by Crippen LogP contribution is 2.13. The fourth-order valence-corrected chi connectivity index (χ4v) is 2.37. The van der Waals surface area contributed by atoms with Crippen LogP contribution < -0.4 is 4.72 Å². The third-order valence-electron chi connectivity index (χ3n) is 2.20. The van der Waals surface area contributed by atoms with Gasteiger partial charge in [0.1, 0.15) is 11.4 Å². The molecule has 7 nitrogen and oxygen atoms in total. The number of rotatable bonds is 5. The molecule has 0 aliphatic heterocycles. The van der Waals surface area contributed by atoms with Gasteiger partial charge in [-0.05, 0) is 0 Å². The maximum Gasteiger partial charge on any atom is 0.266 e. The number of nitrogens with one attached hydrogen (secondary N) is 1. The number of hydrogen-bond acceptors (Lipinski definition) is 4. The van der Waals surface area contributed by atoms with E-state index in [2.05, 4.69) is 14.9 Å². The highest BCUT2D eigenvalue weighted by Gasteiger charge is 2.17. The molecular formula is C9H11F2N5O2S. The minimum absolute atomic E-state index is 0.0236. The van der Waals surface area contributed by atoms with Gasteiger partial charge in [0.15, 0.2) is 5.82 Å². The fourth-order valence-electron chi connectivity index (χ4n) is 1.39. The van der Waals surface area contributed by atoms with Gasteiger partial charge in [-0.3, -0.25) is 14.1 Å². The molecule has 0 aromatic carbocycles. The van der Waals surface area contributed by atoms with Crippen molar-refractivity contribution in [3.8, 4) is 0 Å². The summed E-state index contributed by atoms with van der Waals surface area (Å²) >= 11 is 0. The predicted molar refractivity (Wildman–Crippen MR) is 62.2 cm³/mol. The van der Waals surface area contributed by atoms with Crippen LogP contribution in [0.3, 0.4) is 0 Å². The SMILES string of the molecule is Cn1cc(S(=O)(=O)Nc2ccn(CC(F)F)n2)cn1. The van der Waals surface area contributed by atoms with E-state index in [1.165, 1.54) is 29.3 Å². The summed E-state index contributed by atoms with van der Waals surface area (Å²) in [5.74, 6) is -0.0236. The molecule has 1 N–H and O–H groups in total. The zero-order chi connectivity index (χ0) is 14.0. The van der Waals surface area contributed by atoms with Crippen molar-refractivity contribution in [2.45, 2.75) is 17.9 Å². The van der Waals surface area contributed by atoms with Crippen LogP contribution >= 0.6 is 0 Å². The molecular weight excluding hydrogens is 280 g/mol. The van der Waals surface area contributed by atoms with Crippen LogP contribution in [-0.2, 0) is 23.6 Å². The number of hydrogen-bond donors (Lipinski definition) is 1. The highest BCUT2D eigenvalue weighted by atomic mass is 32.2. The standard InChI is InChI=1S/C9H11F2N5O2S/c1-15-5-7(4-12-15)19(17,18)14-9-2-3-16(13-9)6-8(10)11/h2-5,8H,6H2,1H3,(H,13,14). The van der Waals surface area contributed by atoms with Crippen molar-refractivity contribution in [2.75, 3.05) is 4.72 Å². The zero-order valence-electron chi connectivity index (χ0n) is 9.86. The third-order valence-corrected chi connectivity index (χ3v) is 3.51. The molecule has 2 heterocycles. The quantitative estimate of drug-likeness (QED) is 0.878. The minimum Gasteiger partial charge on any atom is -0.274 e. The van der Waals surface area contributed by atoms with Crippen LogP contribution in [0.1, 0.15) is 0 Å². The van der Waals surface area contributed by atoms with Crippen molar-refractivity contribution in [3.05, 3.63) is 24.7 Å². The van der Waals surface area contributed by atoms with Gasteiger partial charge in [-0.25, -0.2) is 17.2 Å². The Morgan fingerprint density at radius 2 is 2.21 bits per heavy atom. The lowest BCUT2D eigenvalue weighted by molar-refractivity contribution is 0.122. The molecule has 0 unspecified atom stereocenters. The number of halogens is 2. The molecule has 0 bridgehead atoms. The van der Waals surface area contributed by atoms with E-state index < -0.39 is 23.0 Å². The maximum absolute atomic E-state index is 12.1. The summed E-state index contributed by atoms with van der Waals surface area (Å²) in [6, 6.07) is 1.30. The summed E-state index contributed by atoms with van der Waals surface area (Å²) in [5.41, 5.74) is 0. The molecule has 0 fully saturated rings. The van der Waals surface area contributed by atoms with E-state index >= 15 is 0 Å². The maximum atomic E-state index is 12.1. The molecule has 2 rings (SSSR count). The van der Waals surface area contributed by atoms with Gasteiger partial charge in [0, 0.05) is 25.5 Å². The minimum atomic E-state index is -3.80. The molecule has 2 aromatic heterocycles. The van der Waals surface area contributed by atoms with Gasteiger partial charge in [-0.2, -0.15) is 10.2 Å². The van der Waals surface area contributed by atoms with Crippen molar-refractivity contribution < 1.29 is 17.2 Å². The molecule has 0 saturated carbocycles. The molecule has 104 valence electrons. The molecule has 0 saturated heterocycles. The second-order valence-corrected chi connectivity index (χ2v) is 5.45. The first-order chi connectivity index (χ1) is 8.87. The molecule has 0 aliphatic carbocycles. The second-order valence-electron chi connectivity index (χ2n) is 3.77. The smallest absolute Gasteiger partial charge is 0.266 e. The normalized spacial score (nSPS) is 12.0. The Labute approximate surface area is 107 Å². The summed E-state index contributed by atoms with van der Waals surface area (Å²) in [4.78, 5) is -0.0293. The van der Waals surface area contributed by atoms with Crippen molar-refractivity contribution in [2.24, 2.45) is 7.05 Å². The Morgan fingerprint density at radius 1 is 1.47 bits per heavy atom. The highest BCUT2D eigenvalue weighted by molar-refractivity contribution is 7.92. The molecule has 0 atom stereocenters. The van der Waals surface area contributed by atoms with Crippen LogP contribution in [0.15, 0.2) is 29.6 Å². The Bertz CT molecular complexity index is 664. The molecule has 19 heavy (non-hydrogen) atoms. The van der Waals surface area contributed by atoms with E-state index in [0.717, 1.165) is 4.68 Å². The first kappa shape index (κ1) is 13.5. The first-order valence-electron chi connectivity index (χ1n) is 5.20. The molecule has 2 aromatic rings. The van der Waals surface area contributed by atoms with Gasteiger partial charge in [0.05, 0.1) is 6.20 Å². The summed E-state index contributed by atoms with van der Waals surface area (Å²) in [6.07, 6.45) is 1.22. The van der Waals surface area contributed by atoms with E-state index in [-0.39, 0.29) is 10.7 Å². The van der Waals surface area contributed by atoms with E-state index in [9.17, 15) is 17.2 Å². The number of sulfonamides is 1. The van der Waals surface area contributed by atoms with Crippen LogP contribution in [0, 0.1) is 0 Å².